The first-order valence-electron chi connectivity index (χ1n) is 9.03. The lowest BCUT2D eigenvalue weighted by molar-refractivity contribution is 0.955. The Balaban J connectivity index is 1.70. The molecule has 1 aliphatic rings. The van der Waals surface area contributed by atoms with E-state index in [1.807, 2.05) is 0 Å². The quantitative estimate of drug-likeness (QED) is 0.514. The molecule has 0 atom stereocenters. The van der Waals surface area contributed by atoms with Gasteiger partial charge in [-0.25, -0.2) is 9.98 Å². The number of nitrogens with zero attached hydrogens (tertiary/aromatic N) is 4. The molecule has 6 nitrogen and oxygen atoms in total. The maximum atomic E-state index is 5.80. The molecule has 0 amide bonds. The molecule has 0 fully saturated rings. The van der Waals surface area contributed by atoms with Crippen molar-refractivity contribution < 1.29 is 0 Å². The van der Waals surface area contributed by atoms with Crippen LogP contribution in [0.15, 0.2) is 58.5 Å². The van der Waals surface area contributed by atoms with Crippen molar-refractivity contribution in [3.05, 3.63) is 65.2 Å². The molecule has 7 heteroatoms. The van der Waals surface area contributed by atoms with Gasteiger partial charge in [0.1, 0.15) is 16.7 Å². The second-order valence-corrected chi connectivity index (χ2v) is 7.75. The third-order valence-electron chi connectivity index (χ3n) is 4.76. The fraction of sp³-hybridized carbons (Fsp3) is 0.190. The molecule has 1 aliphatic heterocycles. The zero-order valence-corrected chi connectivity index (χ0v) is 16.7. The predicted molar refractivity (Wildman–Crippen MR) is 117 cm³/mol. The van der Waals surface area contributed by atoms with E-state index in [2.05, 4.69) is 71.2 Å². The Labute approximate surface area is 168 Å². The molecule has 0 unspecified atom stereocenters. The van der Waals surface area contributed by atoms with Crippen LogP contribution in [0.2, 0.25) is 0 Å². The van der Waals surface area contributed by atoms with Gasteiger partial charge in [0.15, 0.2) is 0 Å². The number of benzene rings is 2. The molecule has 0 aliphatic carbocycles. The number of rotatable bonds is 4. The number of hydrogen-bond donors (Lipinski definition) is 2. The van der Waals surface area contributed by atoms with Gasteiger partial charge < -0.3 is 16.4 Å². The topological polar surface area (TPSA) is 93.4 Å². The molecule has 4 rings (SSSR count). The van der Waals surface area contributed by atoms with Crippen molar-refractivity contribution in [3.8, 4) is 0 Å². The van der Waals surface area contributed by atoms with Crippen LogP contribution in [0.5, 0.6) is 0 Å². The van der Waals surface area contributed by atoms with Gasteiger partial charge in [0, 0.05) is 17.3 Å². The van der Waals surface area contributed by atoms with Gasteiger partial charge in [0.05, 0.1) is 18.0 Å². The lowest BCUT2D eigenvalue weighted by Gasteiger charge is -2.32. The molecule has 0 bridgehead atoms. The fourth-order valence-corrected chi connectivity index (χ4v) is 4.18. The summed E-state index contributed by atoms with van der Waals surface area (Å²) in [5.74, 6) is 2.19. The van der Waals surface area contributed by atoms with Crippen LogP contribution in [0.4, 0.5) is 23.1 Å². The van der Waals surface area contributed by atoms with Gasteiger partial charge in [-0.2, -0.15) is 4.98 Å². The summed E-state index contributed by atoms with van der Waals surface area (Å²) in [5, 5.41) is 0.743. The third-order valence-corrected chi connectivity index (χ3v) is 5.67. The van der Waals surface area contributed by atoms with Gasteiger partial charge in [-0.3, -0.25) is 0 Å². The van der Waals surface area contributed by atoms with Crippen LogP contribution >= 0.6 is 11.8 Å². The van der Waals surface area contributed by atoms with Gasteiger partial charge in [0.2, 0.25) is 5.95 Å². The van der Waals surface area contributed by atoms with Crippen molar-refractivity contribution in [3.63, 3.8) is 0 Å². The monoisotopic (exact) mass is 390 g/mol. The largest absolute Gasteiger partial charge is 0.383 e. The van der Waals surface area contributed by atoms with E-state index in [1.165, 1.54) is 16.7 Å². The van der Waals surface area contributed by atoms with E-state index in [9.17, 15) is 0 Å². The van der Waals surface area contributed by atoms with E-state index >= 15 is 0 Å². The number of hydrogen-bond acceptors (Lipinski definition) is 7. The molecule has 0 saturated carbocycles. The van der Waals surface area contributed by atoms with Crippen molar-refractivity contribution in [1.29, 1.82) is 0 Å². The minimum absolute atomic E-state index is 0.185. The van der Waals surface area contributed by atoms with Crippen LogP contribution in [-0.4, -0.2) is 21.6 Å². The predicted octanol–water partition coefficient (Wildman–Crippen LogP) is 4.10. The number of amidine groups is 1. The molecule has 1 aromatic heterocycles. The molecular formula is C21H22N6S. The molecule has 142 valence electrons. The number of nitrogens with two attached hydrogens (primary N) is 2. The van der Waals surface area contributed by atoms with E-state index in [-0.39, 0.29) is 5.95 Å². The summed E-state index contributed by atoms with van der Waals surface area (Å²) in [7, 11) is 0. The zero-order chi connectivity index (χ0) is 19.7. The minimum atomic E-state index is 0.185. The molecule has 2 aromatic carbocycles. The average Bonchev–Trinajstić information content (AvgIpc) is 2.66. The van der Waals surface area contributed by atoms with Crippen LogP contribution in [0.25, 0.3) is 0 Å². The summed E-state index contributed by atoms with van der Waals surface area (Å²) in [6.45, 7) is 5.05. The first-order valence-corrected chi connectivity index (χ1v) is 10.0. The Morgan fingerprint density at radius 2 is 1.79 bits per heavy atom. The van der Waals surface area contributed by atoms with Crippen LogP contribution in [0.1, 0.15) is 16.7 Å². The Morgan fingerprint density at radius 1 is 1.00 bits per heavy atom. The molecule has 3 aromatic rings. The van der Waals surface area contributed by atoms with Crippen LogP contribution in [-0.2, 0) is 6.54 Å². The smallest absolute Gasteiger partial charge is 0.223 e. The molecule has 0 saturated heterocycles. The van der Waals surface area contributed by atoms with Crippen molar-refractivity contribution in [1.82, 2.24) is 9.97 Å². The lowest BCUT2D eigenvalue weighted by Crippen LogP contribution is -2.35. The maximum Gasteiger partial charge on any atom is 0.223 e. The summed E-state index contributed by atoms with van der Waals surface area (Å²) in [4.78, 5) is 15.5. The second-order valence-electron chi connectivity index (χ2n) is 6.75. The van der Waals surface area contributed by atoms with E-state index in [1.54, 1.807) is 17.8 Å². The van der Waals surface area contributed by atoms with Crippen molar-refractivity contribution in [2.45, 2.75) is 25.4 Å². The highest BCUT2D eigenvalue weighted by molar-refractivity contribution is 7.99. The average molecular weight is 391 g/mol. The first-order chi connectivity index (χ1) is 13.5. The Kier molecular flexibility index (Phi) is 4.92. The summed E-state index contributed by atoms with van der Waals surface area (Å²) in [6, 6.07) is 16.4. The van der Waals surface area contributed by atoms with Crippen molar-refractivity contribution >= 4 is 40.7 Å². The highest BCUT2D eigenvalue weighted by Crippen LogP contribution is 2.34. The number of nitrogen functional groups attached to an aromatic ring is 2. The molecular weight excluding hydrogens is 368 g/mol. The highest BCUT2D eigenvalue weighted by atomic mass is 32.2. The van der Waals surface area contributed by atoms with E-state index in [4.69, 9.17) is 16.5 Å². The summed E-state index contributed by atoms with van der Waals surface area (Å²) in [5.41, 5.74) is 17.5. The first kappa shape index (κ1) is 18.3. The van der Waals surface area contributed by atoms with Gasteiger partial charge >= 0.3 is 0 Å². The van der Waals surface area contributed by atoms with Crippen molar-refractivity contribution in [2.75, 3.05) is 22.1 Å². The number of aryl methyl sites for hydroxylation is 2. The van der Waals surface area contributed by atoms with Gasteiger partial charge in [-0.05, 0) is 37.1 Å². The number of thioether (sulfide) groups is 1. The Hall–Kier alpha value is -3.06. The standard InChI is InChI=1S/C21H22N6S/c1-13-7-5-8-16-15(13)11-27(17-9-4-3-6-14(17)2)19(24-16)12-28-20-10-18(22)25-21(23)26-20/h3-10H,11-12H2,1-2H3,(H4,22,23,25,26). The van der Waals surface area contributed by atoms with E-state index in [0.29, 0.717) is 11.6 Å². The number of aliphatic imine (C=N–C) groups is 1. The van der Waals surface area contributed by atoms with Crippen LogP contribution in [0, 0.1) is 13.8 Å². The van der Waals surface area contributed by atoms with Crippen molar-refractivity contribution in [2.24, 2.45) is 4.99 Å². The number of anilines is 3. The summed E-state index contributed by atoms with van der Waals surface area (Å²) >= 11 is 1.55. The van der Waals surface area contributed by atoms with Gasteiger partial charge in [-0.1, -0.05) is 42.1 Å². The van der Waals surface area contributed by atoms with E-state index in [0.717, 1.165) is 28.8 Å². The third kappa shape index (κ3) is 3.66. The van der Waals surface area contributed by atoms with Gasteiger partial charge in [-0.15, -0.1) is 0 Å². The molecule has 0 spiro atoms. The van der Waals surface area contributed by atoms with Gasteiger partial charge in [0.25, 0.3) is 0 Å². The molecule has 28 heavy (non-hydrogen) atoms. The Morgan fingerprint density at radius 3 is 2.57 bits per heavy atom. The molecule has 0 radical (unpaired) electrons. The molecule has 2 heterocycles. The summed E-state index contributed by atoms with van der Waals surface area (Å²) < 4.78 is 0. The normalized spacial score (nSPS) is 13.2. The molecule has 4 N–H and O–H groups in total. The van der Waals surface area contributed by atoms with Crippen LogP contribution < -0.4 is 16.4 Å². The zero-order valence-electron chi connectivity index (χ0n) is 15.9. The SMILES string of the molecule is Cc1ccccc1N1Cc2c(C)cccc2N=C1CSc1cc(N)nc(N)n1. The fourth-order valence-electron chi connectivity index (χ4n) is 3.32. The maximum absolute atomic E-state index is 5.80. The summed E-state index contributed by atoms with van der Waals surface area (Å²) in [6.07, 6.45) is 0. The Bertz CT molecular complexity index is 1040. The lowest BCUT2D eigenvalue weighted by atomic mass is 10.0. The second kappa shape index (κ2) is 7.52. The van der Waals surface area contributed by atoms with Crippen LogP contribution in [0.3, 0.4) is 0 Å². The van der Waals surface area contributed by atoms with E-state index < -0.39 is 0 Å². The number of para-hydroxylation sites is 1. The highest BCUT2D eigenvalue weighted by Gasteiger charge is 2.23. The number of aromatic nitrogens is 2. The minimum Gasteiger partial charge on any atom is -0.383 e. The number of fused-ring (bicyclic) bond motifs is 1.